The van der Waals surface area contributed by atoms with Gasteiger partial charge in [-0.1, -0.05) is 48.5 Å². The van der Waals surface area contributed by atoms with E-state index >= 15 is 0 Å². The molecule has 0 aliphatic carbocycles. The van der Waals surface area contributed by atoms with Gasteiger partial charge in [0, 0.05) is 13.1 Å². The van der Waals surface area contributed by atoms with E-state index in [0.717, 1.165) is 5.56 Å². The molecule has 7 heteroatoms. The number of carbonyl (C=O) groups excluding carboxylic acids is 2. The number of sulfone groups is 1. The van der Waals surface area contributed by atoms with Crippen LogP contribution in [-0.4, -0.2) is 54.9 Å². The van der Waals surface area contributed by atoms with E-state index in [4.69, 9.17) is 0 Å². The zero-order chi connectivity index (χ0) is 19.4. The zero-order valence-electron chi connectivity index (χ0n) is 15.1. The molecule has 1 heterocycles. The zero-order valence-corrected chi connectivity index (χ0v) is 15.9. The normalized spacial score (nSPS) is 18.0. The highest BCUT2D eigenvalue weighted by Gasteiger charge is 2.36. The van der Waals surface area contributed by atoms with Crippen LogP contribution in [-0.2, 0) is 26.0 Å². The minimum Gasteiger partial charge on any atom is -0.328 e. The van der Waals surface area contributed by atoms with Crippen LogP contribution in [0.5, 0.6) is 0 Å². The molecule has 1 atom stereocenters. The van der Waals surface area contributed by atoms with Crippen molar-refractivity contribution in [3.05, 3.63) is 66.2 Å². The Kier molecular flexibility index (Phi) is 5.60. The average Bonchev–Trinajstić information content (AvgIpc) is 2.67. The van der Waals surface area contributed by atoms with Crippen molar-refractivity contribution in [1.82, 2.24) is 9.80 Å². The summed E-state index contributed by atoms with van der Waals surface area (Å²) in [5, 5.41) is 0. The van der Waals surface area contributed by atoms with E-state index in [0.29, 0.717) is 6.54 Å². The van der Waals surface area contributed by atoms with Gasteiger partial charge in [-0.2, -0.15) is 0 Å². The predicted molar refractivity (Wildman–Crippen MR) is 102 cm³/mol. The van der Waals surface area contributed by atoms with E-state index in [2.05, 4.69) is 0 Å². The summed E-state index contributed by atoms with van der Waals surface area (Å²) in [6.07, 6.45) is 0. The number of hydrogen-bond donors (Lipinski definition) is 0. The maximum atomic E-state index is 12.7. The Hall–Kier alpha value is -2.67. The van der Waals surface area contributed by atoms with E-state index in [-0.39, 0.29) is 35.6 Å². The summed E-state index contributed by atoms with van der Waals surface area (Å²) in [4.78, 5) is 28.3. The molecule has 0 spiro atoms. The van der Waals surface area contributed by atoms with E-state index in [1.54, 1.807) is 25.1 Å². The van der Waals surface area contributed by atoms with Crippen LogP contribution in [0.15, 0.2) is 65.6 Å². The fraction of sp³-hybridized carbons (Fsp3) is 0.300. The molecule has 1 saturated heterocycles. The standard InChI is InChI=1S/C20H22N2O4S/c1-16-20(24)21(14-17-8-4-2-5-9-17)15-19(23)22(16)12-13-27(25,26)18-10-6-3-7-11-18/h2-11,16H,12-15H2,1H3/t16-/m0/s1. The highest BCUT2D eigenvalue weighted by molar-refractivity contribution is 7.91. The van der Waals surface area contributed by atoms with Crippen molar-refractivity contribution in [2.45, 2.75) is 24.4 Å². The van der Waals surface area contributed by atoms with Crippen molar-refractivity contribution >= 4 is 21.7 Å². The van der Waals surface area contributed by atoms with Gasteiger partial charge in [0.25, 0.3) is 0 Å². The number of amides is 2. The topological polar surface area (TPSA) is 74.8 Å². The summed E-state index contributed by atoms with van der Waals surface area (Å²) < 4.78 is 24.9. The molecule has 2 aromatic rings. The molecule has 0 aromatic heterocycles. The highest BCUT2D eigenvalue weighted by atomic mass is 32.2. The smallest absolute Gasteiger partial charge is 0.245 e. The lowest BCUT2D eigenvalue weighted by Gasteiger charge is -2.38. The molecule has 142 valence electrons. The monoisotopic (exact) mass is 386 g/mol. The molecule has 0 N–H and O–H groups in total. The van der Waals surface area contributed by atoms with E-state index < -0.39 is 15.9 Å². The van der Waals surface area contributed by atoms with Crippen molar-refractivity contribution in [2.75, 3.05) is 18.8 Å². The SMILES string of the molecule is C[C@H]1C(=O)N(Cc2ccccc2)CC(=O)N1CCS(=O)(=O)c1ccccc1. The summed E-state index contributed by atoms with van der Waals surface area (Å²) in [5.74, 6) is -0.615. The number of rotatable bonds is 6. The van der Waals surface area contributed by atoms with Gasteiger partial charge in [0.05, 0.1) is 10.6 Å². The third-order valence-electron chi connectivity index (χ3n) is 4.70. The minimum atomic E-state index is -3.50. The fourth-order valence-corrected chi connectivity index (χ4v) is 4.41. The lowest BCUT2D eigenvalue weighted by atomic mass is 10.1. The van der Waals surface area contributed by atoms with E-state index in [9.17, 15) is 18.0 Å². The molecule has 1 fully saturated rings. The van der Waals surface area contributed by atoms with Crippen molar-refractivity contribution in [2.24, 2.45) is 0 Å². The lowest BCUT2D eigenvalue weighted by molar-refractivity contribution is -0.155. The van der Waals surface area contributed by atoms with Gasteiger partial charge in [0.15, 0.2) is 9.84 Å². The molecule has 27 heavy (non-hydrogen) atoms. The van der Waals surface area contributed by atoms with Gasteiger partial charge in [0.1, 0.15) is 12.6 Å². The second-order valence-corrected chi connectivity index (χ2v) is 8.68. The van der Waals surface area contributed by atoms with Crippen molar-refractivity contribution in [1.29, 1.82) is 0 Å². The maximum Gasteiger partial charge on any atom is 0.245 e. The van der Waals surface area contributed by atoms with Gasteiger partial charge in [-0.25, -0.2) is 8.42 Å². The maximum absolute atomic E-state index is 12.7. The first kappa shape index (κ1) is 19.1. The fourth-order valence-electron chi connectivity index (χ4n) is 3.17. The molecular weight excluding hydrogens is 364 g/mol. The van der Waals surface area contributed by atoms with Crippen LogP contribution >= 0.6 is 0 Å². The first-order valence-corrected chi connectivity index (χ1v) is 10.4. The average molecular weight is 386 g/mol. The Labute approximate surface area is 159 Å². The van der Waals surface area contributed by atoms with Gasteiger partial charge >= 0.3 is 0 Å². The molecule has 0 saturated carbocycles. The molecule has 1 aliphatic heterocycles. The van der Waals surface area contributed by atoms with Crippen LogP contribution in [0.4, 0.5) is 0 Å². The Bertz CT molecular complexity index is 914. The predicted octanol–water partition coefficient (Wildman–Crippen LogP) is 1.72. The number of benzene rings is 2. The van der Waals surface area contributed by atoms with Crippen LogP contribution in [0.3, 0.4) is 0 Å². The summed E-state index contributed by atoms with van der Waals surface area (Å²) in [5.41, 5.74) is 0.950. The van der Waals surface area contributed by atoms with Crippen molar-refractivity contribution in [3.8, 4) is 0 Å². The van der Waals surface area contributed by atoms with Gasteiger partial charge in [-0.15, -0.1) is 0 Å². The molecule has 0 bridgehead atoms. The molecule has 0 unspecified atom stereocenters. The number of carbonyl (C=O) groups is 2. The summed E-state index contributed by atoms with van der Waals surface area (Å²) in [7, 11) is -3.50. The Morgan fingerprint density at radius 1 is 0.963 bits per heavy atom. The summed E-state index contributed by atoms with van der Waals surface area (Å²) >= 11 is 0. The number of hydrogen-bond acceptors (Lipinski definition) is 4. The molecule has 1 aliphatic rings. The Balaban J connectivity index is 1.66. The second kappa shape index (κ2) is 7.92. The highest BCUT2D eigenvalue weighted by Crippen LogP contribution is 2.17. The van der Waals surface area contributed by atoms with Gasteiger partial charge in [-0.05, 0) is 24.6 Å². The van der Waals surface area contributed by atoms with Crippen molar-refractivity contribution in [3.63, 3.8) is 0 Å². The lowest BCUT2D eigenvalue weighted by Crippen LogP contribution is -2.59. The van der Waals surface area contributed by atoms with E-state index in [1.165, 1.54) is 21.9 Å². The van der Waals surface area contributed by atoms with Gasteiger partial charge in [-0.3, -0.25) is 9.59 Å². The van der Waals surface area contributed by atoms with Crippen LogP contribution < -0.4 is 0 Å². The van der Waals surface area contributed by atoms with Gasteiger partial charge in [0.2, 0.25) is 11.8 Å². The largest absolute Gasteiger partial charge is 0.328 e. The first-order chi connectivity index (χ1) is 12.9. The van der Waals surface area contributed by atoms with E-state index in [1.807, 2.05) is 30.3 Å². The molecular formula is C20H22N2O4S. The summed E-state index contributed by atoms with van der Waals surface area (Å²) in [6.45, 7) is 1.98. The Morgan fingerprint density at radius 3 is 2.19 bits per heavy atom. The van der Waals surface area contributed by atoms with Crippen LogP contribution in [0.2, 0.25) is 0 Å². The number of piperazine rings is 1. The van der Waals surface area contributed by atoms with Crippen LogP contribution in [0.1, 0.15) is 12.5 Å². The third-order valence-corrected chi connectivity index (χ3v) is 6.41. The minimum absolute atomic E-state index is 0.00213. The quantitative estimate of drug-likeness (QED) is 0.758. The molecule has 6 nitrogen and oxygen atoms in total. The number of nitrogens with zero attached hydrogens (tertiary/aromatic N) is 2. The summed E-state index contributed by atoms with van der Waals surface area (Å²) in [6, 6.07) is 16.9. The first-order valence-electron chi connectivity index (χ1n) is 8.78. The molecule has 2 amide bonds. The second-order valence-electron chi connectivity index (χ2n) is 6.57. The third kappa shape index (κ3) is 4.36. The van der Waals surface area contributed by atoms with Gasteiger partial charge < -0.3 is 9.80 Å². The molecule has 3 rings (SSSR count). The van der Waals surface area contributed by atoms with Crippen LogP contribution in [0.25, 0.3) is 0 Å². The molecule has 2 aromatic carbocycles. The molecule has 0 radical (unpaired) electrons. The Morgan fingerprint density at radius 2 is 1.56 bits per heavy atom. The van der Waals surface area contributed by atoms with Crippen molar-refractivity contribution < 1.29 is 18.0 Å². The van der Waals surface area contributed by atoms with Crippen LogP contribution in [0, 0.1) is 0 Å².